The number of alkyl halides is 1. The van der Waals surface area contributed by atoms with Gasteiger partial charge in [-0.3, -0.25) is 4.79 Å². The zero-order valence-electron chi connectivity index (χ0n) is 22.9. The summed E-state index contributed by atoms with van der Waals surface area (Å²) in [6.45, 7) is 3.77. The fourth-order valence-electron chi connectivity index (χ4n) is 4.34. The highest BCUT2D eigenvalue weighted by molar-refractivity contribution is 7.93. The molecule has 1 N–H and O–H groups in total. The number of unbranched alkanes of at least 4 members (excludes halogenated alkanes) is 2. The van der Waals surface area contributed by atoms with Gasteiger partial charge in [-0.25, -0.2) is 21.2 Å². The van der Waals surface area contributed by atoms with Gasteiger partial charge in [0.15, 0.2) is 15.5 Å². The van der Waals surface area contributed by atoms with Crippen molar-refractivity contribution in [3.8, 4) is 16.9 Å². The van der Waals surface area contributed by atoms with E-state index in [0.29, 0.717) is 28.5 Å². The minimum atomic E-state index is -4.06. The fourth-order valence-corrected chi connectivity index (χ4v) is 6.67. The maximum Gasteiger partial charge on any atom is 0.258 e. The molecule has 0 radical (unpaired) electrons. The molecule has 1 unspecified atom stereocenters. The Morgan fingerprint density at radius 2 is 1.85 bits per heavy atom. The van der Waals surface area contributed by atoms with Crippen molar-refractivity contribution < 1.29 is 30.8 Å². The molecule has 0 bridgehead atoms. The van der Waals surface area contributed by atoms with Crippen LogP contribution >= 0.6 is 11.6 Å². The molecule has 3 rings (SSSR count). The minimum Gasteiger partial charge on any atom is -0.494 e. The van der Waals surface area contributed by atoms with Crippen LogP contribution in [-0.4, -0.2) is 64.7 Å². The maximum atomic E-state index is 15.5. The van der Waals surface area contributed by atoms with Gasteiger partial charge in [0, 0.05) is 54.2 Å². The van der Waals surface area contributed by atoms with Gasteiger partial charge >= 0.3 is 0 Å². The first-order valence-electron chi connectivity index (χ1n) is 13.2. The third-order valence-electron chi connectivity index (χ3n) is 6.62. The number of halogens is 2. The van der Waals surface area contributed by atoms with Gasteiger partial charge in [0.25, 0.3) is 5.91 Å². The Morgan fingerprint density at radius 3 is 2.50 bits per heavy atom. The van der Waals surface area contributed by atoms with Gasteiger partial charge in [-0.1, -0.05) is 49.6 Å². The van der Waals surface area contributed by atoms with Gasteiger partial charge in [0.05, 0.1) is 11.5 Å². The Balaban J connectivity index is 1.77. The molecular weight excluding hydrogens is 579 g/mol. The quantitative estimate of drug-likeness (QED) is 0.332. The molecule has 1 fully saturated rings. The van der Waals surface area contributed by atoms with Crippen LogP contribution in [0.5, 0.6) is 5.75 Å². The summed E-state index contributed by atoms with van der Waals surface area (Å²) in [7, 11) is -7.46. The smallest absolute Gasteiger partial charge is 0.258 e. The number of carbonyl (C=O) groups is 1. The van der Waals surface area contributed by atoms with Gasteiger partial charge < -0.3 is 10.1 Å². The third kappa shape index (κ3) is 8.52. The maximum absolute atomic E-state index is 15.5. The number of nitrogens with zero attached hydrogens (tertiary/aromatic N) is 1. The van der Waals surface area contributed by atoms with Gasteiger partial charge in [-0.05, 0) is 49.2 Å². The number of hydrogen-bond donors (Lipinski definition) is 1. The van der Waals surface area contributed by atoms with E-state index in [0.717, 1.165) is 30.9 Å². The van der Waals surface area contributed by atoms with Gasteiger partial charge in [0.2, 0.25) is 10.0 Å². The van der Waals surface area contributed by atoms with E-state index < -0.39 is 37.5 Å². The molecule has 0 spiro atoms. The summed E-state index contributed by atoms with van der Waals surface area (Å²) in [6.07, 6.45) is 4.61. The molecule has 0 aromatic heterocycles. The molecule has 8 nitrogen and oxygen atoms in total. The summed E-state index contributed by atoms with van der Waals surface area (Å²) in [5, 5.41) is 3.75. The highest BCUT2D eigenvalue weighted by Gasteiger charge is 2.44. The van der Waals surface area contributed by atoms with Crippen molar-refractivity contribution in [3.63, 3.8) is 0 Å². The van der Waals surface area contributed by atoms with Crippen LogP contribution in [-0.2, 0) is 24.7 Å². The average Bonchev–Trinajstić information content (AvgIpc) is 2.90. The molecule has 1 aliphatic heterocycles. The molecule has 40 heavy (non-hydrogen) atoms. The number of carbonyl (C=O) groups excluding carboxylic acids is 1. The van der Waals surface area contributed by atoms with Crippen molar-refractivity contribution in [3.05, 3.63) is 59.0 Å². The van der Waals surface area contributed by atoms with E-state index in [1.165, 1.54) is 29.4 Å². The van der Waals surface area contributed by atoms with E-state index in [4.69, 9.17) is 16.3 Å². The predicted octanol–water partition coefficient (Wildman–Crippen LogP) is 5.13. The van der Waals surface area contributed by atoms with Crippen LogP contribution in [0.4, 0.5) is 4.39 Å². The first-order chi connectivity index (χ1) is 18.7. The molecule has 220 valence electrons. The van der Waals surface area contributed by atoms with E-state index in [9.17, 15) is 21.6 Å². The second-order valence-electron chi connectivity index (χ2n) is 10.0. The van der Waals surface area contributed by atoms with Gasteiger partial charge in [-0.2, -0.15) is 4.31 Å². The molecule has 0 saturated carbocycles. The molecule has 1 heterocycles. The molecule has 1 amide bonds. The van der Waals surface area contributed by atoms with Crippen LogP contribution in [0.15, 0.2) is 58.8 Å². The summed E-state index contributed by atoms with van der Waals surface area (Å²) in [6, 6.07) is 10.9. The number of sulfone groups is 1. The summed E-state index contributed by atoms with van der Waals surface area (Å²) >= 11 is 6.25. The van der Waals surface area contributed by atoms with Gasteiger partial charge in [0.1, 0.15) is 5.75 Å². The van der Waals surface area contributed by atoms with Crippen LogP contribution in [0.3, 0.4) is 0 Å². The molecule has 1 saturated heterocycles. The highest BCUT2D eigenvalue weighted by Crippen LogP contribution is 2.36. The monoisotopic (exact) mass is 614 g/mol. The Morgan fingerprint density at radius 1 is 1.15 bits per heavy atom. The molecule has 0 aliphatic carbocycles. The van der Waals surface area contributed by atoms with Crippen LogP contribution in [0, 0.1) is 0 Å². The van der Waals surface area contributed by atoms with Crippen molar-refractivity contribution in [1.82, 2.24) is 9.62 Å². The van der Waals surface area contributed by atoms with Crippen molar-refractivity contribution in [1.29, 1.82) is 0 Å². The molecular formula is C28H36ClFN2O6S2. The van der Waals surface area contributed by atoms with Crippen molar-refractivity contribution in [2.24, 2.45) is 0 Å². The van der Waals surface area contributed by atoms with Crippen LogP contribution in [0.25, 0.3) is 11.1 Å². The standard InChI is InChI=1S/C28H36ClFN2O6S2/c1-4-5-6-17-38-24-9-7-8-22(19-24)25-20-23(29)10-11-26(25)40(36,37)32-15-13-28(30,14-16-32)27(33)31-21(2)12-18-39(3,34)35/h7-12,18-21H,4-6,13-17H2,1-3H3,(H,31,33)/b18-12-. The van der Waals surface area contributed by atoms with Crippen molar-refractivity contribution >= 4 is 37.4 Å². The van der Waals surface area contributed by atoms with E-state index in [2.05, 4.69) is 12.2 Å². The second kappa shape index (κ2) is 13.5. The summed E-state index contributed by atoms with van der Waals surface area (Å²) in [5.74, 6) is -0.290. The lowest BCUT2D eigenvalue weighted by Crippen LogP contribution is -2.53. The highest BCUT2D eigenvalue weighted by atomic mass is 35.5. The molecule has 2 aromatic carbocycles. The molecule has 12 heteroatoms. The molecule has 1 atom stereocenters. The topological polar surface area (TPSA) is 110 Å². The second-order valence-corrected chi connectivity index (χ2v) is 14.3. The fraction of sp³-hybridized carbons (Fsp3) is 0.464. The number of hydrogen-bond acceptors (Lipinski definition) is 6. The van der Waals surface area contributed by atoms with Crippen LogP contribution in [0.2, 0.25) is 5.02 Å². The average molecular weight is 615 g/mol. The molecule has 1 aliphatic rings. The molecule has 2 aromatic rings. The lowest BCUT2D eigenvalue weighted by Gasteiger charge is -2.35. The number of piperidine rings is 1. The zero-order valence-corrected chi connectivity index (χ0v) is 25.3. The Labute approximate surface area is 241 Å². The lowest BCUT2D eigenvalue weighted by molar-refractivity contribution is -0.135. The van der Waals surface area contributed by atoms with E-state index in [-0.39, 0.29) is 30.8 Å². The van der Waals surface area contributed by atoms with Crippen molar-refractivity contribution in [2.75, 3.05) is 26.0 Å². The Bertz CT molecular complexity index is 1440. The number of rotatable bonds is 12. The summed E-state index contributed by atoms with van der Waals surface area (Å²) in [4.78, 5) is 12.7. The van der Waals surface area contributed by atoms with E-state index in [1.807, 2.05) is 6.07 Å². The largest absolute Gasteiger partial charge is 0.494 e. The normalized spacial score (nSPS) is 17.0. The number of benzene rings is 2. The number of amides is 1. The Hall–Kier alpha value is -2.47. The zero-order chi connectivity index (χ0) is 29.6. The van der Waals surface area contributed by atoms with Crippen molar-refractivity contribution in [2.45, 2.75) is 62.6 Å². The first-order valence-corrected chi connectivity index (χ1v) is 16.9. The van der Waals surface area contributed by atoms with E-state index in [1.54, 1.807) is 24.3 Å². The number of nitrogens with one attached hydrogen (secondary N) is 1. The Kier molecular flexibility index (Phi) is 10.8. The predicted molar refractivity (Wildman–Crippen MR) is 155 cm³/mol. The van der Waals surface area contributed by atoms with Crippen LogP contribution < -0.4 is 10.1 Å². The van der Waals surface area contributed by atoms with E-state index >= 15 is 4.39 Å². The summed E-state index contributed by atoms with van der Waals surface area (Å²) < 4.78 is 72.6. The summed E-state index contributed by atoms with van der Waals surface area (Å²) in [5.41, 5.74) is -1.28. The SMILES string of the molecule is CCCCCOc1cccc(-c2cc(Cl)ccc2S(=O)(=O)N2CCC(F)(C(=O)NC(C)/C=C\S(C)(=O)=O)CC2)c1. The van der Waals surface area contributed by atoms with Gasteiger partial charge in [-0.15, -0.1) is 0 Å². The van der Waals surface area contributed by atoms with Crippen LogP contribution in [0.1, 0.15) is 46.0 Å². The number of sulfonamides is 1. The lowest BCUT2D eigenvalue weighted by atomic mass is 9.93. The third-order valence-corrected chi connectivity index (χ3v) is 9.46. The minimum absolute atomic E-state index is 0.0235. The number of ether oxygens (including phenoxy) is 1. The first kappa shape index (κ1) is 32.0.